The predicted molar refractivity (Wildman–Crippen MR) is 71.0 cm³/mol. The minimum atomic E-state index is -0.321. The van der Waals surface area contributed by atoms with Gasteiger partial charge in [0.15, 0.2) is 0 Å². The van der Waals surface area contributed by atoms with E-state index in [1.54, 1.807) is 4.90 Å². The van der Waals surface area contributed by atoms with Crippen molar-refractivity contribution in [2.45, 2.75) is 32.7 Å². The Morgan fingerprint density at radius 3 is 2.56 bits per heavy atom. The molecule has 0 unspecified atom stereocenters. The largest absolute Gasteiger partial charge is 0.333 e. The number of hydrogen-bond acceptors (Lipinski definition) is 3. The molecule has 1 heterocycles. The highest BCUT2D eigenvalue weighted by atomic mass is 35.5. The summed E-state index contributed by atoms with van der Waals surface area (Å²) in [6.07, 6.45) is 1.73. The van der Waals surface area contributed by atoms with Gasteiger partial charge in [-0.15, -0.1) is 11.6 Å². The summed E-state index contributed by atoms with van der Waals surface area (Å²) >= 11 is 5.74. The second-order valence-corrected chi connectivity index (χ2v) is 4.34. The summed E-state index contributed by atoms with van der Waals surface area (Å²) in [7, 11) is 0. The molecule has 1 aromatic rings. The first-order valence-corrected chi connectivity index (χ1v) is 6.60. The van der Waals surface area contributed by atoms with Gasteiger partial charge < -0.3 is 4.90 Å². The van der Waals surface area contributed by atoms with Crippen molar-refractivity contribution in [1.29, 1.82) is 0 Å². The standard InChI is InChI=1S/C12H18ClN3O2/c1-3-9(4-2)16(8-7-13)12(18)10-5-6-11(17)15-14-10/h5-6,9H,3-4,7-8H2,1-2H3,(H,15,17). The summed E-state index contributed by atoms with van der Waals surface area (Å²) in [5, 5.41) is 6.03. The van der Waals surface area contributed by atoms with Gasteiger partial charge in [0.2, 0.25) is 0 Å². The number of nitrogens with zero attached hydrogens (tertiary/aromatic N) is 2. The smallest absolute Gasteiger partial charge is 0.274 e. The Bertz CT molecular complexity index is 423. The fourth-order valence-electron chi connectivity index (χ4n) is 1.88. The first-order valence-electron chi connectivity index (χ1n) is 6.06. The van der Waals surface area contributed by atoms with E-state index in [4.69, 9.17) is 11.6 Å². The molecule has 0 radical (unpaired) electrons. The van der Waals surface area contributed by atoms with Crippen molar-refractivity contribution in [3.63, 3.8) is 0 Å². The van der Waals surface area contributed by atoms with E-state index >= 15 is 0 Å². The van der Waals surface area contributed by atoms with Crippen molar-refractivity contribution in [3.05, 3.63) is 28.2 Å². The molecule has 1 rings (SSSR count). The molecule has 100 valence electrons. The molecule has 18 heavy (non-hydrogen) atoms. The summed E-state index contributed by atoms with van der Waals surface area (Å²) in [6, 6.07) is 2.88. The zero-order valence-corrected chi connectivity index (χ0v) is 11.4. The number of carbonyl (C=O) groups excluding carboxylic acids is 1. The normalized spacial score (nSPS) is 10.7. The number of halogens is 1. The zero-order chi connectivity index (χ0) is 13.5. The Kier molecular flexibility index (Phi) is 5.85. The van der Waals surface area contributed by atoms with Gasteiger partial charge >= 0.3 is 0 Å². The third-order valence-electron chi connectivity index (χ3n) is 2.87. The fraction of sp³-hybridized carbons (Fsp3) is 0.583. The molecule has 0 saturated heterocycles. The van der Waals surface area contributed by atoms with E-state index in [0.717, 1.165) is 12.8 Å². The van der Waals surface area contributed by atoms with Crippen LogP contribution in [0, 0.1) is 0 Å². The number of rotatable bonds is 6. The highest BCUT2D eigenvalue weighted by Crippen LogP contribution is 2.12. The van der Waals surface area contributed by atoms with Gasteiger partial charge in [0.25, 0.3) is 11.5 Å². The van der Waals surface area contributed by atoms with Crippen LogP contribution < -0.4 is 5.56 Å². The number of nitrogens with one attached hydrogen (secondary N) is 1. The Morgan fingerprint density at radius 1 is 1.44 bits per heavy atom. The number of carbonyl (C=O) groups is 1. The van der Waals surface area contributed by atoms with Gasteiger partial charge in [-0.2, -0.15) is 5.10 Å². The van der Waals surface area contributed by atoms with Crippen LogP contribution >= 0.6 is 11.6 Å². The minimum Gasteiger partial charge on any atom is -0.333 e. The summed E-state index contributed by atoms with van der Waals surface area (Å²) in [5.74, 6) is 0.187. The molecule has 0 bridgehead atoms. The Hall–Kier alpha value is -1.36. The van der Waals surface area contributed by atoms with Gasteiger partial charge in [-0.3, -0.25) is 9.59 Å². The Morgan fingerprint density at radius 2 is 2.11 bits per heavy atom. The summed E-state index contributed by atoms with van der Waals surface area (Å²) in [5.41, 5.74) is -0.0791. The molecule has 5 nitrogen and oxygen atoms in total. The number of H-pyrrole nitrogens is 1. The molecule has 1 N–H and O–H groups in total. The molecule has 0 aliphatic heterocycles. The fourth-order valence-corrected chi connectivity index (χ4v) is 2.06. The highest BCUT2D eigenvalue weighted by Gasteiger charge is 2.22. The van der Waals surface area contributed by atoms with Crippen molar-refractivity contribution >= 4 is 17.5 Å². The molecular weight excluding hydrogens is 254 g/mol. The average Bonchev–Trinajstić information content (AvgIpc) is 2.39. The molecule has 1 amide bonds. The summed E-state index contributed by atoms with van der Waals surface area (Å²) in [4.78, 5) is 24.9. The van der Waals surface area contributed by atoms with E-state index in [2.05, 4.69) is 10.2 Å². The maximum atomic E-state index is 12.3. The Balaban J connectivity index is 2.94. The van der Waals surface area contributed by atoms with Gasteiger partial charge in [-0.25, -0.2) is 5.10 Å². The van der Waals surface area contributed by atoms with E-state index in [1.807, 2.05) is 13.8 Å². The molecule has 0 atom stereocenters. The van der Waals surface area contributed by atoms with Crippen LogP contribution in [0.4, 0.5) is 0 Å². The van der Waals surface area contributed by atoms with E-state index in [0.29, 0.717) is 12.4 Å². The topological polar surface area (TPSA) is 66.1 Å². The lowest BCUT2D eigenvalue weighted by molar-refractivity contribution is 0.0674. The second-order valence-electron chi connectivity index (χ2n) is 3.96. The minimum absolute atomic E-state index is 0.143. The molecule has 0 aromatic carbocycles. The molecule has 0 fully saturated rings. The molecule has 0 saturated carbocycles. The molecule has 0 aliphatic carbocycles. The molecule has 6 heteroatoms. The third-order valence-corrected chi connectivity index (χ3v) is 3.04. The number of aromatic amines is 1. The average molecular weight is 272 g/mol. The number of aromatic nitrogens is 2. The number of hydrogen-bond donors (Lipinski definition) is 1. The summed E-state index contributed by atoms with van der Waals surface area (Å²) < 4.78 is 0. The van der Waals surface area contributed by atoms with E-state index in [9.17, 15) is 9.59 Å². The van der Waals surface area contributed by atoms with Crippen molar-refractivity contribution in [3.8, 4) is 0 Å². The van der Waals surface area contributed by atoms with Crippen molar-refractivity contribution in [2.75, 3.05) is 12.4 Å². The predicted octanol–water partition coefficient (Wildman–Crippen LogP) is 1.64. The number of amides is 1. The molecular formula is C12H18ClN3O2. The van der Waals surface area contributed by atoms with Crippen LogP contribution in [0.2, 0.25) is 0 Å². The zero-order valence-electron chi connectivity index (χ0n) is 10.6. The second kappa shape index (κ2) is 7.16. The monoisotopic (exact) mass is 271 g/mol. The van der Waals surface area contributed by atoms with Gasteiger partial charge in [0.1, 0.15) is 5.69 Å². The van der Waals surface area contributed by atoms with Crippen LogP contribution in [0.5, 0.6) is 0 Å². The quantitative estimate of drug-likeness (QED) is 0.800. The summed E-state index contributed by atoms with van der Waals surface area (Å²) in [6.45, 7) is 4.54. The highest BCUT2D eigenvalue weighted by molar-refractivity contribution is 6.18. The third kappa shape index (κ3) is 3.57. The van der Waals surface area contributed by atoms with E-state index < -0.39 is 0 Å². The van der Waals surface area contributed by atoms with Crippen LogP contribution in [0.15, 0.2) is 16.9 Å². The van der Waals surface area contributed by atoms with Gasteiger partial charge in [0.05, 0.1) is 0 Å². The van der Waals surface area contributed by atoms with Gasteiger partial charge in [-0.05, 0) is 18.9 Å². The van der Waals surface area contributed by atoms with E-state index in [1.165, 1.54) is 12.1 Å². The first-order chi connectivity index (χ1) is 8.63. The van der Waals surface area contributed by atoms with Crippen LogP contribution in [0.3, 0.4) is 0 Å². The lowest BCUT2D eigenvalue weighted by atomic mass is 10.1. The van der Waals surface area contributed by atoms with Crippen LogP contribution in [-0.2, 0) is 0 Å². The first kappa shape index (κ1) is 14.7. The van der Waals surface area contributed by atoms with Crippen molar-refractivity contribution in [2.24, 2.45) is 0 Å². The number of alkyl halides is 1. The van der Waals surface area contributed by atoms with Gasteiger partial charge in [-0.1, -0.05) is 13.8 Å². The molecule has 0 spiro atoms. The Labute approximate surface area is 111 Å². The SMILES string of the molecule is CCC(CC)N(CCCl)C(=O)c1ccc(=O)[nH]n1. The van der Waals surface area contributed by atoms with Crippen LogP contribution in [-0.4, -0.2) is 39.5 Å². The van der Waals surface area contributed by atoms with Crippen molar-refractivity contribution in [1.82, 2.24) is 15.1 Å². The van der Waals surface area contributed by atoms with E-state index in [-0.39, 0.29) is 23.2 Å². The molecule has 0 aliphatic rings. The maximum absolute atomic E-state index is 12.3. The lowest BCUT2D eigenvalue weighted by Crippen LogP contribution is -2.41. The maximum Gasteiger partial charge on any atom is 0.274 e. The van der Waals surface area contributed by atoms with Crippen LogP contribution in [0.25, 0.3) is 0 Å². The lowest BCUT2D eigenvalue weighted by Gasteiger charge is -2.29. The van der Waals surface area contributed by atoms with Crippen LogP contribution in [0.1, 0.15) is 37.2 Å². The van der Waals surface area contributed by atoms with Gasteiger partial charge in [0, 0.05) is 24.5 Å². The molecule has 1 aromatic heterocycles. The van der Waals surface area contributed by atoms with Crippen molar-refractivity contribution < 1.29 is 4.79 Å².